The lowest BCUT2D eigenvalue weighted by molar-refractivity contribution is -0.139. The van der Waals surface area contributed by atoms with Gasteiger partial charge in [-0.25, -0.2) is 0 Å². The lowest BCUT2D eigenvalue weighted by Gasteiger charge is -2.13. The molecule has 4 aliphatic carbocycles. The molecule has 5 unspecified atom stereocenters. The maximum absolute atomic E-state index is 11.0. The summed E-state index contributed by atoms with van der Waals surface area (Å²) in [6.07, 6.45) is 2.31. The van der Waals surface area contributed by atoms with E-state index in [0.29, 0.717) is 23.7 Å². The zero-order valence-corrected chi connectivity index (χ0v) is 8.92. The Morgan fingerprint density at radius 3 is 2.43 bits per heavy atom. The molecule has 5 atom stereocenters. The number of hydrogen-bond acceptors (Lipinski definition) is 1. The molecule has 0 aliphatic heterocycles. The van der Waals surface area contributed by atoms with Gasteiger partial charge in [0, 0.05) is 11.8 Å². The van der Waals surface area contributed by atoms with Crippen molar-refractivity contribution in [3.8, 4) is 0 Å². The van der Waals surface area contributed by atoms with Gasteiger partial charge in [0.15, 0.2) is 0 Å². The molecule has 4 fully saturated rings. The van der Waals surface area contributed by atoms with Gasteiger partial charge in [-0.15, -0.1) is 23.2 Å². The molecule has 0 saturated heterocycles. The Kier molecular flexibility index (Phi) is 1.08. The highest BCUT2D eigenvalue weighted by Gasteiger charge is 2.92. The summed E-state index contributed by atoms with van der Waals surface area (Å²) < 4.78 is -0.581. The normalized spacial score (nSPS) is 57.7. The van der Waals surface area contributed by atoms with Gasteiger partial charge in [0.25, 0.3) is 0 Å². The summed E-state index contributed by atoms with van der Waals surface area (Å²) in [5, 5.41) is 9.04. The van der Waals surface area contributed by atoms with Crippen LogP contribution in [0.4, 0.5) is 0 Å². The summed E-state index contributed by atoms with van der Waals surface area (Å²) >= 11 is 12.4. The molecule has 14 heavy (non-hydrogen) atoms. The van der Waals surface area contributed by atoms with E-state index in [1.807, 2.05) is 0 Å². The molecule has 76 valence electrons. The molecule has 0 amide bonds. The maximum Gasteiger partial charge on any atom is 0.307 e. The van der Waals surface area contributed by atoms with Gasteiger partial charge in [-0.3, -0.25) is 4.79 Å². The lowest BCUT2D eigenvalue weighted by Crippen LogP contribution is -2.14. The van der Waals surface area contributed by atoms with Crippen molar-refractivity contribution in [2.24, 2.45) is 35.0 Å². The van der Waals surface area contributed by atoms with Crippen LogP contribution in [0, 0.1) is 35.0 Å². The predicted octanol–water partition coefficient (Wildman–Crippen LogP) is 2.15. The Bertz CT molecular complexity index is 361. The van der Waals surface area contributed by atoms with Crippen molar-refractivity contribution in [1.82, 2.24) is 0 Å². The van der Waals surface area contributed by atoms with Crippen LogP contribution in [-0.4, -0.2) is 15.4 Å². The third-order valence-electron chi connectivity index (χ3n) is 4.99. The van der Waals surface area contributed by atoms with Gasteiger partial charge in [-0.05, 0) is 30.1 Å². The summed E-state index contributed by atoms with van der Waals surface area (Å²) in [4.78, 5) is 11.0. The Hall–Kier alpha value is 0.0500. The van der Waals surface area contributed by atoms with Gasteiger partial charge in [0.1, 0.15) is 4.33 Å². The second-order valence-corrected chi connectivity index (χ2v) is 6.82. The number of alkyl halides is 2. The van der Waals surface area contributed by atoms with Crippen LogP contribution < -0.4 is 0 Å². The first-order valence-corrected chi connectivity index (χ1v) is 5.88. The summed E-state index contributed by atoms with van der Waals surface area (Å²) in [6.45, 7) is 0. The fourth-order valence-electron chi connectivity index (χ4n) is 4.41. The van der Waals surface area contributed by atoms with Crippen LogP contribution in [0.1, 0.15) is 12.8 Å². The van der Waals surface area contributed by atoms with Crippen molar-refractivity contribution in [2.75, 3.05) is 0 Å². The Morgan fingerprint density at radius 2 is 1.93 bits per heavy atom. The number of carboxylic acid groups (broad SMARTS) is 1. The van der Waals surface area contributed by atoms with Gasteiger partial charge in [0.2, 0.25) is 0 Å². The molecule has 4 rings (SSSR count). The van der Waals surface area contributed by atoms with Crippen molar-refractivity contribution in [3.63, 3.8) is 0 Å². The topological polar surface area (TPSA) is 37.3 Å². The van der Waals surface area contributed by atoms with Crippen LogP contribution in [-0.2, 0) is 4.79 Å². The first-order chi connectivity index (χ1) is 6.52. The van der Waals surface area contributed by atoms with Crippen LogP contribution in [0.15, 0.2) is 0 Å². The molecule has 0 aromatic rings. The molecule has 2 nitrogen and oxygen atoms in total. The van der Waals surface area contributed by atoms with E-state index in [1.54, 1.807) is 0 Å². The van der Waals surface area contributed by atoms with Gasteiger partial charge >= 0.3 is 5.97 Å². The van der Waals surface area contributed by atoms with Crippen molar-refractivity contribution in [1.29, 1.82) is 0 Å². The van der Waals surface area contributed by atoms with Crippen molar-refractivity contribution in [2.45, 2.75) is 17.2 Å². The van der Waals surface area contributed by atoms with E-state index in [0.717, 1.165) is 12.8 Å². The molecule has 0 bridgehead atoms. The summed E-state index contributed by atoms with van der Waals surface area (Å²) in [5.41, 5.74) is 0.252. The van der Waals surface area contributed by atoms with Crippen LogP contribution in [0.5, 0.6) is 0 Å². The minimum absolute atomic E-state index is 0.127. The number of aliphatic carboxylic acids is 1. The van der Waals surface area contributed by atoms with Gasteiger partial charge in [0.05, 0.1) is 5.92 Å². The summed E-state index contributed by atoms with van der Waals surface area (Å²) in [5.74, 6) is 0.665. The number of carbonyl (C=O) groups is 1. The highest BCUT2D eigenvalue weighted by atomic mass is 35.5. The second kappa shape index (κ2) is 1.84. The number of rotatable bonds is 1. The number of hydrogen-bond donors (Lipinski definition) is 1. The molecule has 0 heterocycles. The fourth-order valence-corrected chi connectivity index (χ4v) is 5.53. The van der Waals surface area contributed by atoms with Crippen LogP contribution in [0.25, 0.3) is 0 Å². The smallest absolute Gasteiger partial charge is 0.307 e. The maximum atomic E-state index is 11.0. The van der Waals surface area contributed by atoms with E-state index in [4.69, 9.17) is 28.3 Å². The van der Waals surface area contributed by atoms with Crippen LogP contribution in [0.2, 0.25) is 0 Å². The fraction of sp³-hybridized carbons (Fsp3) is 0.900. The molecule has 4 aliphatic rings. The van der Waals surface area contributed by atoms with Crippen molar-refractivity contribution in [3.05, 3.63) is 0 Å². The molecule has 4 saturated carbocycles. The lowest BCUT2D eigenvalue weighted by atomic mass is 9.94. The molecule has 1 spiro atoms. The molecule has 0 aromatic carbocycles. The Labute approximate surface area is 91.6 Å². The first-order valence-electron chi connectivity index (χ1n) is 5.12. The Balaban J connectivity index is 1.74. The minimum atomic E-state index is -0.638. The predicted molar refractivity (Wildman–Crippen MR) is 51.2 cm³/mol. The zero-order chi connectivity index (χ0) is 9.88. The van der Waals surface area contributed by atoms with Gasteiger partial charge in [-0.1, -0.05) is 0 Å². The van der Waals surface area contributed by atoms with Crippen LogP contribution >= 0.6 is 23.2 Å². The highest BCUT2D eigenvalue weighted by Crippen LogP contribution is 2.92. The summed E-state index contributed by atoms with van der Waals surface area (Å²) in [6, 6.07) is 0. The standard InChI is InChI=1S/C10H10Cl2O2/c11-10(12)6-3-4(8(13)14)5(3)9(1-2-9)7(6)10/h3-7H,1-2H2,(H,13,14). The van der Waals surface area contributed by atoms with E-state index in [2.05, 4.69) is 0 Å². The highest BCUT2D eigenvalue weighted by molar-refractivity contribution is 6.51. The van der Waals surface area contributed by atoms with Gasteiger partial charge < -0.3 is 5.11 Å². The van der Waals surface area contributed by atoms with E-state index >= 15 is 0 Å². The average molecular weight is 233 g/mol. The number of halogens is 2. The molecule has 0 aromatic heterocycles. The molecule has 0 radical (unpaired) electrons. The number of carboxylic acids is 1. The molecular weight excluding hydrogens is 223 g/mol. The molecule has 1 N–H and O–H groups in total. The molecule has 4 heteroatoms. The van der Waals surface area contributed by atoms with E-state index in [1.165, 1.54) is 0 Å². The SMILES string of the molecule is O=C(O)C1C2C3C(C3(Cl)Cl)C3(CC3)C12. The van der Waals surface area contributed by atoms with Crippen molar-refractivity contribution >= 4 is 29.2 Å². The van der Waals surface area contributed by atoms with Gasteiger partial charge in [-0.2, -0.15) is 0 Å². The quantitative estimate of drug-likeness (QED) is 0.704. The largest absolute Gasteiger partial charge is 0.481 e. The zero-order valence-electron chi connectivity index (χ0n) is 7.41. The van der Waals surface area contributed by atoms with E-state index in [9.17, 15) is 4.79 Å². The third-order valence-corrected chi connectivity index (χ3v) is 5.97. The number of fused-ring (bicyclic) bond motifs is 5. The van der Waals surface area contributed by atoms with Crippen molar-refractivity contribution < 1.29 is 9.90 Å². The summed E-state index contributed by atoms with van der Waals surface area (Å²) in [7, 11) is 0. The second-order valence-electron chi connectivity index (χ2n) is 5.38. The van der Waals surface area contributed by atoms with E-state index < -0.39 is 10.3 Å². The van der Waals surface area contributed by atoms with Crippen LogP contribution in [0.3, 0.4) is 0 Å². The minimum Gasteiger partial charge on any atom is -0.481 e. The average Bonchev–Trinajstić information content (AvgIpc) is 2.83. The Morgan fingerprint density at radius 1 is 1.29 bits per heavy atom. The first kappa shape index (κ1) is 8.23. The third kappa shape index (κ3) is 0.612. The molecular formula is C10H10Cl2O2. The van der Waals surface area contributed by atoms with E-state index in [-0.39, 0.29) is 11.3 Å². The monoisotopic (exact) mass is 232 g/mol.